The van der Waals surface area contributed by atoms with Gasteiger partial charge in [-0.15, -0.1) is 0 Å². The van der Waals surface area contributed by atoms with Crippen molar-refractivity contribution in [2.75, 3.05) is 17.6 Å². The highest BCUT2D eigenvalue weighted by Gasteiger charge is 2.27. The van der Waals surface area contributed by atoms with Crippen LogP contribution in [0.4, 0.5) is 11.6 Å². The van der Waals surface area contributed by atoms with Gasteiger partial charge in [0.05, 0.1) is 0 Å². The van der Waals surface area contributed by atoms with Crippen LogP contribution >= 0.6 is 0 Å². The number of amides is 1. The molecule has 1 heterocycles. The van der Waals surface area contributed by atoms with Crippen molar-refractivity contribution in [3.63, 3.8) is 0 Å². The number of carbonyl (C=O) groups is 1. The lowest BCUT2D eigenvalue weighted by molar-refractivity contribution is -0.117. The van der Waals surface area contributed by atoms with E-state index in [2.05, 4.69) is 15.3 Å². The molecule has 6 nitrogen and oxygen atoms in total. The summed E-state index contributed by atoms with van der Waals surface area (Å²) in [6.45, 7) is 2.33. The molecule has 92 valence electrons. The monoisotopic (exact) mass is 235 g/mol. The van der Waals surface area contributed by atoms with E-state index in [0.717, 1.165) is 24.2 Å². The van der Waals surface area contributed by atoms with Crippen LogP contribution in [0, 0.1) is 6.92 Å². The molecule has 0 spiro atoms. The molecule has 1 aromatic rings. The Kier molecular flexibility index (Phi) is 3.12. The molecule has 2 rings (SSSR count). The third-order valence-electron chi connectivity index (χ3n) is 2.81. The van der Waals surface area contributed by atoms with Gasteiger partial charge in [0.2, 0.25) is 5.91 Å². The Bertz CT molecular complexity index is 442. The second-order valence-corrected chi connectivity index (χ2v) is 4.36. The van der Waals surface area contributed by atoms with E-state index < -0.39 is 0 Å². The number of nitrogens with zero attached hydrogens (tertiary/aromatic N) is 2. The van der Waals surface area contributed by atoms with Gasteiger partial charge in [-0.3, -0.25) is 4.79 Å². The summed E-state index contributed by atoms with van der Waals surface area (Å²) in [5, 5.41) is 3.08. The Hall–Kier alpha value is -1.85. The number of nitrogens with one attached hydrogen (secondary N) is 1. The van der Waals surface area contributed by atoms with E-state index in [-0.39, 0.29) is 12.3 Å². The number of hydrogen-bond acceptors (Lipinski definition) is 5. The number of aromatic nitrogens is 2. The van der Waals surface area contributed by atoms with Crippen LogP contribution in [-0.2, 0) is 4.79 Å². The highest BCUT2D eigenvalue weighted by atomic mass is 16.1. The van der Waals surface area contributed by atoms with Crippen molar-refractivity contribution in [3.8, 4) is 0 Å². The van der Waals surface area contributed by atoms with Crippen LogP contribution < -0.4 is 16.8 Å². The summed E-state index contributed by atoms with van der Waals surface area (Å²) in [6, 6.07) is 0. The first-order valence-corrected chi connectivity index (χ1v) is 5.74. The van der Waals surface area contributed by atoms with Crippen molar-refractivity contribution in [2.45, 2.75) is 32.1 Å². The largest absolute Gasteiger partial charge is 0.383 e. The molecule has 0 atom stereocenters. The summed E-state index contributed by atoms with van der Waals surface area (Å²) in [6.07, 6.45) is 2.54. The maximum Gasteiger partial charge on any atom is 0.219 e. The number of anilines is 2. The molecule has 0 unspecified atom stereocenters. The highest BCUT2D eigenvalue weighted by molar-refractivity contribution is 5.74. The molecule has 1 aromatic heterocycles. The van der Waals surface area contributed by atoms with Crippen molar-refractivity contribution >= 4 is 17.5 Å². The fraction of sp³-hybridized carbons (Fsp3) is 0.545. The first-order valence-electron chi connectivity index (χ1n) is 5.74. The lowest BCUT2D eigenvalue weighted by Gasteiger charge is -2.11. The van der Waals surface area contributed by atoms with Gasteiger partial charge in [-0.05, 0) is 19.8 Å². The van der Waals surface area contributed by atoms with E-state index in [9.17, 15) is 4.79 Å². The molecule has 1 aliphatic rings. The van der Waals surface area contributed by atoms with Crippen molar-refractivity contribution in [1.29, 1.82) is 0 Å². The number of primary amides is 1. The van der Waals surface area contributed by atoms with Crippen LogP contribution in [0.1, 0.15) is 36.6 Å². The zero-order chi connectivity index (χ0) is 12.4. The summed E-state index contributed by atoms with van der Waals surface area (Å²) in [5.41, 5.74) is 11.7. The summed E-state index contributed by atoms with van der Waals surface area (Å²) >= 11 is 0. The van der Waals surface area contributed by atoms with Gasteiger partial charge in [0.15, 0.2) is 0 Å². The highest BCUT2D eigenvalue weighted by Crippen LogP contribution is 2.39. The zero-order valence-corrected chi connectivity index (χ0v) is 9.86. The maximum absolute atomic E-state index is 10.7. The van der Waals surface area contributed by atoms with E-state index >= 15 is 0 Å². The van der Waals surface area contributed by atoms with Crippen LogP contribution in [0.2, 0.25) is 0 Å². The first-order chi connectivity index (χ1) is 8.08. The average molecular weight is 235 g/mol. The van der Waals surface area contributed by atoms with Gasteiger partial charge >= 0.3 is 0 Å². The third-order valence-corrected chi connectivity index (χ3v) is 2.81. The number of carbonyl (C=O) groups excluding carboxylic acids is 1. The Morgan fingerprint density at radius 2 is 2.18 bits per heavy atom. The molecular weight excluding hydrogens is 218 g/mol. The van der Waals surface area contributed by atoms with E-state index in [0.29, 0.717) is 24.1 Å². The third kappa shape index (κ3) is 2.83. The van der Waals surface area contributed by atoms with Gasteiger partial charge in [-0.2, -0.15) is 0 Å². The molecule has 0 bridgehead atoms. The second kappa shape index (κ2) is 4.57. The molecule has 5 N–H and O–H groups in total. The van der Waals surface area contributed by atoms with Crippen molar-refractivity contribution in [2.24, 2.45) is 5.73 Å². The molecule has 6 heteroatoms. The molecule has 17 heavy (non-hydrogen) atoms. The Morgan fingerprint density at radius 3 is 2.76 bits per heavy atom. The van der Waals surface area contributed by atoms with Crippen LogP contribution in [0.3, 0.4) is 0 Å². The van der Waals surface area contributed by atoms with E-state index in [1.165, 1.54) is 0 Å². The predicted molar refractivity (Wildman–Crippen MR) is 65.5 cm³/mol. The lowest BCUT2D eigenvalue weighted by atomic mass is 10.2. The summed E-state index contributed by atoms with van der Waals surface area (Å²) in [7, 11) is 0. The van der Waals surface area contributed by atoms with E-state index in [1.54, 1.807) is 0 Å². The standard InChI is InChI=1S/C11H17N5O/c1-6-9(13)15-11(7-2-3-7)16-10(6)14-5-4-8(12)17/h7H,2-5H2,1H3,(H2,12,17)(H3,13,14,15,16). The van der Waals surface area contributed by atoms with Crippen LogP contribution in [-0.4, -0.2) is 22.4 Å². The zero-order valence-electron chi connectivity index (χ0n) is 9.86. The number of nitrogens with two attached hydrogens (primary N) is 2. The van der Waals surface area contributed by atoms with Crippen molar-refractivity contribution in [3.05, 3.63) is 11.4 Å². The van der Waals surface area contributed by atoms with Gasteiger partial charge in [0.25, 0.3) is 0 Å². The molecular formula is C11H17N5O. The lowest BCUT2D eigenvalue weighted by Crippen LogP contribution is -2.17. The van der Waals surface area contributed by atoms with Crippen LogP contribution in [0.5, 0.6) is 0 Å². The molecule has 1 saturated carbocycles. The minimum Gasteiger partial charge on any atom is -0.383 e. The van der Waals surface area contributed by atoms with E-state index in [4.69, 9.17) is 11.5 Å². The molecule has 0 aromatic carbocycles. The number of rotatable bonds is 5. The van der Waals surface area contributed by atoms with Crippen LogP contribution in [0.15, 0.2) is 0 Å². The second-order valence-electron chi connectivity index (χ2n) is 4.36. The maximum atomic E-state index is 10.7. The van der Waals surface area contributed by atoms with E-state index in [1.807, 2.05) is 6.92 Å². The molecule has 0 saturated heterocycles. The first kappa shape index (κ1) is 11.6. The Morgan fingerprint density at radius 1 is 1.47 bits per heavy atom. The molecule has 1 fully saturated rings. The fourth-order valence-corrected chi connectivity index (χ4v) is 1.55. The topological polar surface area (TPSA) is 107 Å². The van der Waals surface area contributed by atoms with Gasteiger partial charge in [-0.1, -0.05) is 0 Å². The predicted octanol–water partition coefficient (Wildman–Crippen LogP) is 0.532. The SMILES string of the molecule is Cc1c(N)nc(C2CC2)nc1NCCC(N)=O. The quantitative estimate of drug-likeness (QED) is 0.690. The normalized spacial score (nSPS) is 14.6. The molecule has 1 aliphatic carbocycles. The molecule has 1 amide bonds. The molecule has 0 aliphatic heterocycles. The average Bonchev–Trinajstić information content (AvgIpc) is 3.07. The fourth-order valence-electron chi connectivity index (χ4n) is 1.55. The van der Waals surface area contributed by atoms with Gasteiger partial charge in [0.1, 0.15) is 17.5 Å². The molecule has 0 radical (unpaired) electrons. The Balaban J connectivity index is 2.11. The number of hydrogen-bond donors (Lipinski definition) is 3. The number of nitrogen functional groups attached to an aromatic ring is 1. The minimum atomic E-state index is -0.334. The summed E-state index contributed by atoms with van der Waals surface area (Å²) in [4.78, 5) is 19.4. The van der Waals surface area contributed by atoms with Crippen molar-refractivity contribution < 1.29 is 4.79 Å². The summed E-state index contributed by atoms with van der Waals surface area (Å²) < 4.78 is 0. The van der Waals surface area contributed by atoms with Crippen molar-refractivity contribution in [1.82, 2.24) is 9.97 Å². The minimum absolute atomic E-state index is 0.280. The van der Waals surface area contributed by atoms with Gasteiger partial charge in [0, 0.05) is 24.4 Å². The summed E-state index contributed by atoms with van der Waals surface area (Å²) in [5.74, 6) is 2.13. The Labute approximate surface area is 99.8 Å². The van der Waals surface area contributed by atoms with Gasteiger partial charge < -0.3 is 16.8 Å². The van der Waals surface area contributed by atoms with Gasteiger partial charge in [-0.25, -0.2) is 9.97 Å². The smallest absolute Gasteiger partial charge is 0.219 e. The van der Waals surface area contributed by atoms with Crippen LogP contribution in [0.25, 0.3) is 0 Å².